The molecule has 4 aromatic carbocycles. The lowest BCUT2D eigenvalue weighted by Gasteiger charge is -2.35. The second-order valence-corrected chi connectivity index (χ2v) is 11.1. The highest BCUT2D eigenvalue weighted by molar-refractivity contribution is 7.48. The first-order valence-electron chi connectivity index (χ1n) is 13.0. The molecule has 1 N–H and O–H groups in total. The smallest absolute Gasteiger partial charge is 0.123 e. The summed E-state index contributed by atoms with van der Waals surface area (Å²) < 4.78 is 6.44. The lowest BCUT2D eigenvalue weighted by atomic mass is 9.92. The molecule has 0 aliphatic carbocycles. The quantitative estimate of drug-likeness (QED) is 0.202. The highest BCUT2D eigenvalue weighted by atomic mass is 31.1. The molecule has 1 atom stereocenters. The average molecular weight is 496 g/mol. The zero-order valence-corrected chi connectivity index (χ0v) is 22.8. The molecule has 1 unspecified atom stereocenters. The summed E-state index contributed by atoms with van der Waals surface area (Å²) in [6.07, 6.45) is 2.14. The molecule has 0 saturated heterocycles. The van der Waals surface area contributed by atoms with Crippen LogP contribution >= 0.6 is 8.58 Å². The zero-order chi connectivity index (χ0) is 25.2. The van der Waals surface area contributed by atoms with Crippen LogP contribution in [0.3, 0.4) is 0 Å². The topological polar surface area (TPSA) is 21.3 Å². The van der Waals surface area contributed by atoms with Gasteiger partial charge >= 0.3 is 0 Å². The fourth-order valence-electron chi connectivity index (χ4n) is 4.83. The van der Waals surface area contributed by atoms with Gasteiger partial charge in [-0.1, -0.05) is 119 Å². The molecule has 36 heavy (non-hydrogen) atoms. The van der Waals surface area contributed by atoms with E-state index in [4.69, 9.17) is 4.74 Å². The van der Waals surface area contributed by atoms with E-state index >= 15 is 0 Å². The van der Waals surface area contributed by atoms with Crippen molar-refractivity contribution >= 4 is 13.9 Å². The van der Waals surface area contributed by atoms with Crippen molar-refractivity contribution in [2.24, 2.45) is 0 Å². The first-order valence-corrected chi connectivity index (χ1v) is 14.0. The van der Waals surface area contributed by atoms with Crippen molar-refractivity contribution in [1.29, 1.82) is 0 Å². The molecule has 4 rings (SSSR count). The van der Waals surface area contributed by atoms with Crippen molar-refractivity contribution < 1.29 is 4.74 Å². The zero-order valence-electron chi connectivity index (χ0n) is 21.8. The first kappa shape index (κ1) is 26.1. The van der Waals surface area contributed by atoms with E-state index in [2.05, 4.69) is 123 Å². The Labute approximate surface area is 218 Å². The summed E-state index contributed by atoms with van der Waals surface area (Å²) in [5, 5.41) is 5.20. The van der Waals surface area contributed by atoms with E-state index in [9.17, 15) is 0 Å². The predicted molar refractivity (Wildman–Crippen MR) is 156 cm³/mol. The summed E-state index contributed by atoms with van der Waals surface area (Å²) in [6.45, 7) is 9.25. The fraction of sp³-hybridized carbons (Fsp3) is 0.273. The van der Waals surface area contributed by atoms with E-state index in [1.807, 2.05) is 6.07 Å². The Balaban J connectivity index is 1.58. The molecule has 2 nitrogen and oxygen atoms in total. The van der Waals surface area contributed by atoms with Crippen LogP contribution in [0.4, 0.5) is 0 Å². The van der Waals surface area contributed by atoms with Crippen molar-refractivity contribution in [2.45, 2.75) is 58.5 Å². The number of para-hydroxylation sites is 1. The highest BCUT2D eigenvalue weighted by Gasteiger charge is 2.33. The summed E-state index contributed by atoms with van der Waals surface area (Å²) in [5.41, 5.74) is 6.62. The third kappa shape index (κ3) is 6.44. The molecule has 0 fully saturated rings. The molecule has 3 heteroatoms. The Morgan fingerprint density at radius 1 is 0.694 bits per heavy atom. The van der Waals surface area contributed by atoms with E-state index in [1.165, 1.54) is 33.1 Å². The van der Waals surface area contributed by atoms with Crippen molar-refractivity contribution in [2.75, 3.05) is 0 Å². The molecule has 0 amide bonds. The van der Waals surface area contributed by atoms with Crippen LogP contribution < -0.4 is 15.4 Å². The van der Waals surface area contributed by atoms with Gasteiger partial charge in [0, 0.05) is 23.8 Å². The number of benzene rings is 4. The van der Waals surface area contributed by atoms with E-state index in [-0.39, 0.29) is 5.16 Å². The van der Waals surface area contributed by atoms with Gasteiger partial charge in [0.1, 0.15) is 12.4 Å². The van der Waals surface area contributed by atoms with Crippen molar-refractivity contribution in [3.8, 4) is 5.75 Å². The van der Waals surface area contributed by atoms with Gasteiger partial charge in [-0.05, 0) is 53.4 Å². The second-order valence-electron chi connectivity index (χ2n) is 9.38. The molecular weight excluding hydrogens is 457 g/mol. The van der Waals surface area contributed by atoms with E-state index in [0.29, 0.717) is 15.2 Å². The van der Waals surface area contributed by atoms with Crippen molar-refractivity contribution in [1.82, 2.24) is 5.32 Å². The van der Waals surface area contributed by atoms with Gasteiger partial charge < -0.3 is 10.1 Å². The van der Waals surface area contributed by atoms with Crippen molar-refractivity contribution in [3.63, 3.8) is 0 Å². The lowest BCUT2D eigenvalue weighted by molar-refractivity contribution is 0.298. The SMILES string of the molecule is CCC(CC)(Pc1c(C)cccc1CNCc1ccccc1)c1ccccc1OCc1ccccc1. The average Bonchev–Trinajstić information content (AvgIpc) is 2.93. The van der Waals surface area contributed by atoms with Crippen molar-refractivity contribution in [3.05, 3.63) is 131 Å². The summed E-state index contributed by atoms with van der Waals surface area (Å²) in [6, 6.07) is 36.5. The van der Waals surface area contributed by atoms with Gasteiger partial charge in [0.05, 0.1) is 0 Å². The molecule has 0 radical (unpaired) electrons. The van der Waals surface area contributed by atoms with E-state index < -0.39 is 0 Å². The number of nitrogens with one attached hydrogen (secondary N) is 1. The molecule has 0 aliphatic rings. The maximum atomic E-state index is 6.44. The van der Waals surface area contributed by atoms with Crippen LogP contribution in [-0.2, 0) is 24.9 Å². The third-order valence-electron chi connectivity index (χ3n) is 7.06. The van der Waals surface area contributed by atoms with Gasteiger partial charge in [-0.3, -0.25) is 0 Å². The van der Waals surface area contributed by atoms with E-state index in [1.54, 1.807) is 0 Å². The fourth-order valence-corrected chi connectivity index (χ4v) is 6.62. The molecule has 186 valence electrons. The van der Waals surface area contributed by atoms with Crippen LogP contribution in [0.25, 0.3) is 0 Å². The molecular formula is C33H38NOP. The van der Waals surface area contributed by atoms with Crippen LogP contribution in [0.1, 0.15) is 54.5 Å². The minimum Gasteiger partial charge on any atom is -0.489 e. The van der Waals surface area contributed by atoms with Crippen LogP contribution in [0.5, 0.6) is 5.75 Å². The number of ether oxygens (including phenoxy) is 1. The van der Waals surface area contributed by atoms with Gasteiger partial charge in [0.15, 0.2) is 0 Å². The largest absolute Gasteiger partial charge is 0.489 e. The highest BCUT2D eigenvalue weighted by Crippen LogP contribution is 2.50. The molecule has 0 bridgehead atoms. The van der Waals surface area contributed by atoms with Crippen LogP contribution in [0.2, 0.25) is 0 Å². The molecule has 4 aromatic rings. The van der Waals surface area contributed by atoms with Crippen LogP contribution in [-0.4, -0.2) is 0 Å². The standard InChI is InChI=1S/C33H38NOP/c1-4-33(5-2,30-21-12-13-22-31(30)35-25-28-18-10-7-11-19-28)36-32-26(3)15-14-20-29(32)24-34-23-27-16-8-6-9-17-27/h6-22,34,36H,4-5,23-25H2,1-3H3. The van der Waals surface area contributed by atoms with Gasteiger partial charge in [0.25, 0.3) is 0 Å². The summed E-state index contributed by atoms with van der Waals surface area (Å²) in [5.74, 6) is 1.01. The molecule has 0 aromatic heterocycles. The van der Waals surface area contributed by atoms with Gasteiger partial charge in [-0.15, -0.1) is 0 Å². The van der Waals surface area contributed by atoms with Crippen LogP contribution in [0.15, 0.2) is 103 Å². The second kappa shape index (κ2) is 12.9. The monoisotopic (exact) mass is 495 g/mol. The molecule has 0 spiro atoms. The minimum atomic E-state index is 0.0353. The number of hydrogen-bond acceptors (Lipinski definition) is 2. The maximum absolute atomic E-state index is 6.44. The Morgan fingerprint density at radius 2 is 1.33 bits per heavy atom. The summed E-state index contributed by atoms with van der Waals surface area (Å²) in [7, 11) is 0.666. The van der Waals surface area contributed by atoms with Gasteiger partial charge in [-0.25, -0.2) is 0 Å². The molecule has 0 aliphatic heterocycles. The Kier molecular flexibility index (Phi) is 9.34. The predicted octanol–water partition coefficient (Wildman–Crippen LogP) is 7.88. The van der Waals surface area contributed by atoms with Gasteiger partial charge in [0.2, 0.25) is 0 Å². The van der Waals surface area contributed by atoms with E-state index in [0.717, 1.165) is 31.7 Å². The summed E-state index contributed by atoms with van der Waals surface area (Å²) in [4.78, 5) is 0. The number of rotatable bonds is 12. The Hall–Kier alpha value is -2.93. The Morgan fingerprint density at radius 3 is 2.03 bits per heavy atom. The Bertz CT molecular complexity index is 1220. The molecule has 0 saturated carbocycles. The maximum Gasteiger partial charge on any atom is 0.123 e. The lowest BCUT2D eigenvalue weighted by Crippen LogP contribution is -2.26. The molecule has 0 heterocycles. The van der Waals surface area contributed by atoms with Gasteiger partial charge in [-0.2, -0.15) is 0 Å². The summed E-state index contributed by atoms with van der Waals surface area (Å²) >= 11 is 0. The number of hydrogen-bond donors (Lipinski definition) is 1. The minimum absolute atomic E-state index is 0.0353. The normalized spacial score (nSPS) is 11.8. The number of aryl methyl sites for hydroxylation is 1. The van der Waals surface area contributed by atoms with Crippen LogP contribution in [0, 0.1) is 6.92 Å². The third-order valence-corrected chi connectivity index (χ3v) is 9.48. The first-order chi connectivity index (χ1) is 17.6.